The van der Waals surface area contributed by atoms with E-state index in [0.29, 0.717) is 6.04 Å². The second-order valence-corrected chi connectivity index (χ2v) is 5.78. The monoisotopic (exact) mass is 270 g/mol. The zero-order valence-electron chi connectivity index (χ0n) is 12.0. The fourth-order valence-electron chi connectivity index (χ4n) is 3.18. The van der Waals surface area contributed by atoms with Crippen molar-refractivity contribution in [2.24, 2.45) is 5.92 Å². The summed E-state index contributed by atoms with van der Waals surface area (Å²) in [6.07, 6.45) is 8.04. The average Bonchev–Trinajstić information content (AvgIpc) is 2.48. The van der Waals surface area contributed by atoms with Gasteiger partial charge in [-0.05, 0) is 37.0 Å². The molecule has 0 bridgehead atoms. The van der Waals surface area contributed by atoms with Gasteiger partial charge in [0.05, 0.1) is 5.52 Å². The Morgan fingerprint density at radius 2 is 2.20 bits per heavy atom. The van der Waals surface area contributed by atoms with E-state index in [9.17, 15) is 0 Å². The predicted octanol–water partition coefficient (Wildman–Crippen LogP) is 3.59. The lowest BCUT2D eigenvalue weighted by Crippen LogP contribution is -2.27. The van der Waals surface area contributed by atoms with E-state index in [1.165, 1.54) is 32.1 Å². The van der Waals surface area contributed by atoms with Gasteiger partial charge in [-0.2, -0.15) is 0 Å². The normalized spacial score (nSPS) is 22.9. The maximum atomic E-state index is 5.89. The van der Waals surface area contributed by atoms with Crippen molar-refractivity contribution in [3.8, 4) is 0 Å². The number of hydrogen-bond donors (Lipinski definition) is 2. The third-order valence-electron chi connectivity index (χ3n) is 4.36. The van der Waals surface area contributed by atoms with Crippen LogP contribution in [0.25, 0.3) is 10.9 Å². The molecule has 20 heavy (non-hydrogen) atoms. The first kappa shape index (κ1) is 13.2. The Morgan fingerprint density at radius 1 is 1.30 bits per heavy atom. The number of fused-ring (bicyclic) bond motifs is 1. The van der Waals surface area contributed by atoms with Crippen LogP contribution in [0.4, 0.5) is 11.5 Å². The molecule has 4 heteroatoms. The molecule has 0 radical (unpaired) electrons. The number of nitrogens with one attached hydrogen (secondary N) is 1. The minimum absolute atomic E-state index is 0.522. The van der Waals surface area contributed by atoms with Crippen LogP contribution >= 0.6 is 0 Å². The standard InChI is InChI=1S/C16H22N4/c1-2-11-4-3-5-13(8-11)20-16-14-9-12(17)6-7-15(14)18-10-19-16/h6-7,9-11,13H,2-5,8,17H2,1H3,(H,18,19,20). The summed E-state index contributed by atoms with van der Waals surface area (Å²) in [6, 6.07) is 6.31. The van der Waals surface area contributed by atoms with E-state index < -0.39 is 0 Å². The molecule has 0 amide bonds. The molecule has 0 saturated heterocycles. The Hall–Kier alpha value is -1.84. The van der Waals surface area contributed by atoms with Crippen LogP contribution < -0.4 is 11.1 Å². The van der Waals surface area contributed by atoms with Crippen molar-refractivity contribution in [3.63, 3.8) is 0 Å². The molecule has 106 valence electrons. The summed E-state index contributed by atoms with van der Waals surface area (Å²) in [5.74, 6) is 1.77. The highest BCUT2D eigenvalue weighted by Gasteiger charge is 2.21. The van der Waals surface area contributed by atoms with Crippen LogP contribution in [0.5, 0.6) is 0 Å². The van der Waals surface area contributed by atoms with E-state index in [4.69, 9.17) is 5.73 Å². The Bertz CT molecular complexity index is 596. The second kappa shape index (κ2) is 5.65. The van der Waals surface area contributed by atoms with E-state index in [-0.39, 0.29) is 0 Å². The van der Waals surface area contributed by atoms with Crippen LogP contribution in [0.15, 0.2) is 24.5 Å². The molecule has 2 unspecified atom stereocenters. The maximum Gasteiger partial charge on any atom is 0.137 e. The Labute approximate surface area is 119 Å². The van der Waals surface area contributed by atoms with Crippen molar-refractivity contribution in [2.45, 2.75) is 45.1 Å². The SMILES string of the molecule is CCC1CCCC(Nc2ncnc3ccc(N)cc23)C1. The van der Waals surface area contributed by atoms with E-state index in [1.807, 2.05) is 18.2 Å². The number of nitrogens with two attached hydrogens (primary N) is 1. The van der Waals surface area contributed by atoms with Gasteiger partial charge in [0.25, 0.3) is 0 Å². The molecular weight excluding hydrogens is 248 g/mol. The van der Waals surface area contributed by atoms with Crippen LogP contribution in [0.1, 0.15) is 39.0 Å². The lowest BCUT2D eigenvalue weighted by atomic mass is 9.84. The van der Waals surface area contributed by atoms with E-state index in [2.05, 4.69) is 22.2 Å². The topological polar surface area (TPSA) is 63.8 Å². The molecule has 1 aliphatic rings. The largest absolute Gasteiger partial charge is 0.399 e. The van der Waals surface area contributed by atoms with Crippen molar-refractivity contribution in [1.82, 2.24) is 9.97 Å². The molecule has 2 atom stereocenters. The highest BCUT2D eigenvalue weighted by Crippen LogP contribution is 2.30. The third kappa shape index (κ3) is 2.69. The second-order valence-electron chi connectivity index (χ2n) is 5.78. The van der Waals surface area contributed by atoms with E-state index in [1.54, 1.807) is 6.33 Å². The first-order valence-electron chi connectivity index (χ1n) is 7.53. The summed E-state index contributed by atoms with van der Waals surface area (Å²) in [5, 5.41) is 4.63. The molecule has 1 aliphatic carbocycles. The molecule has 1 aromatic heterocycles. The zero-order valence-corrected chi connectivity index (χ0v) is 12.0. The van der Waals surface area contributed by atoms with E-state index >= 15 is 0 Å². The van der Waals surface area contributed by atoms with Crippen molar-refractivity contribution >= 4 is 22.4 Å². The van der Waals surface area contributed by atoms with Gasteiger partial charge in [0.2, 0.25) is 0 Å². The molecule has 3 N–H and O–H groups in total. The number of hydrogen-bond acceptors (Lipinski definition) is 4. The lowest BCUT2D eigenvalue weighted by Gasteiger charge is -2.29. The molecule has 0 spiro atoms. The Morgan fingerprint density at radius 3 is 3.05 bits per heavy atom. The smallest absolute Gasteiger partial charge is 0.137 e. The van der Waals surface area contributed by atoms with Gasteiger partial charge in [-0.15, -0.1) is 0 Å². The van der Waals surface area contributed by atoms with Gasteiger partial charge in [0.1, 0.15) is 12.1 Å². The van der Waals surface area contributed by atoms with Gasteiger partial charge in [-0.3, -0.25) is 0 Å². The van der Waals surface area contributed by atoms with Crippen molar-refractivity contribution in [2.75, 3.05) is 11.1 Å². The predicted molar refractivity (Wildman–Crippen MR) is 83.6 cm³/mol. The summed E-state index contributed by atoms with van der Waals surface area (Å²) >= 11 is 0. The zero-order chi connectivity index (χ0) is 13.9. The molecular formula is C16H22N4. The minimum atomic E-state index is 0.522. The number of nitrogens with zero attached hydrogens (tertiary/aromatic N) is 2. The Kier molecular flexibility index (Phi) is 3.72. The first-order chi connectivity index (χ1) is 9.76. The van der Waals surface area contributed by atoms with Gasteiger partial charge < -0.3 is 11.1 Å². The van der Waals surface area contributed by atoms with Gasteiger partial charge in [-0.1, -0.05) is 26.2 Å². The summed E-state index contributed by atoms with van der Waals surface area (Å²) in [5.41, 5.74) is 7.59. The van der Waals surface area contributed by atoms with Crippen molar-refractivity contribution in [3.05, 3.63) is 24.5 Å². The fourth-order valence-corrected chi connectivity index (χ4v) is 3.18. The van der Waals surface area contributed by atoms with Crippen LogP contribution in [-0.2, 0) is 0 Å². The fraction of sp³-hybridized carbons (Fsp3) is 0.500. The third-order valence-corrected chi connectivity index (χ3v) is 4.36. The van der Waals surface area contributed by atoms with Crippen molar-refractivity contribution in [1.29, 1.82) is 0 Å². The molecule has 4 nitrogen and oxygen atoms in total. The highest BCUT2D eigenvalue weighted by molar-refractivity contribution is 5.91. The first-order valence-corrected chi connectivity index (χ1v) is 7.53. The van der Waals surface area contributed by atoms with Gasteiger partial charge in [0, 0.05) is 17.1 Å². The summed E-state index contributed by atoms with van der Waals surface area (Å²) in [7, 11) is 0. The molecule has 1 saturated carbocycles. The number of nitrogen functional groups attached to an aromatic ring is 1. The Balaban J connectivity index is 1.85. The van der Waals surface area contributed by atoms with Crippen molar-refractivity contribution < 1.29 is 0 Å². The summed E-state index contributed by atoms with van der Waals surface area (Å²) in [4.78, 5) is 8.72. The maximum absolute atomic E-state index is 5.89. The van der Waals surface area contributed by atoms with Gasteiger partial charge >= 0.3 is 0 Å². The van der Waals surface area contributed by atoms with E-state index in [0.717, 1.165) is 28.3 Å². The van der Waals surface area contributed by atoms with Gasteiger partial charge in [-0.25, -0.2) is 9.97 Å². The van der Waals surface area contributed by atoms with Crippen LogP contribution in [0.2, 0.25) is 0 Å². The lowest BCUT2D eigenvalue weighted by molar-refractivity contribution is 0.327. The summed E-state index contributed by atoms with van der Waals surface area (Å²) < 4.78 is 0. The molecule has 0 aliphatic heterocycles. The minimum Gasteiger partial charge on any atom is -0.399 e. The van der Waals surface area contributed by atoms with Crippen LogP contribution in [0.3, 0.4) is 0 Å². The van der Waals surface area contributed by atoms with Gasteiger partial charge in [0.15, 0.2) is 0 Å². The number of benzene rings is 1. The number of anilines is 2. The molecule has 1 heterocycles. The van der Waals surface area contributed by atoms with Crippen LogP contribution in [0, 0.1) is 5.92 Å². The number of aromatic nitrogens is 2. The number of rotatable bonds is 3. The molecule has 1 fully saturated rings. The highest BCUT2D eigenvalue weighted by atomic mass is 15.0. The molecule has 3 rings (SSSR count). The summed E-state index contributed by atoms with van der Waals surface area (Å²) in [6.45, 7) is 2.29. The average molecular weight is 270 g/mol. The quantitative estimate of drug-likeness (QED) is 0.837. The van der Waals surface area contributed by atoms with Crippen LogP contribution in [-0.4, -0.2) is 16.0 Å². The molecule has 2 aromatic rings. The molecule has 1 aromatic carbocycles.